The van der Waals surface area contributed by atoms with E-state index in [9.17, 15) is 8.42 Å². The van der Waals surface area contributed by atoms with Crippen molar-refractivity contribution in [3.8, 4) is 0 Å². The van der Waals surface area contributed by atoms with Crippen LogP contribution in [0.25, 0.3) is 0 Å². The summed E-state index contributed by atoms with van der Waals surface area (Å²) in [6, 6.07) is 0. The third-order valence-electron chi connectivity index (χ3n) is 7.88. The third-order valence-corrected chi connectivity index (χ3v) is 17.1. The monoisotopic (exact) mass is 536 g/mol. The van der Waals surface area contributed by atoms with Gasteiger partial charge in [-0.25, -0.2) is 0 Å². The molecule has 0 saturated heterocycles. The molecule has 0 aromatic rings. The van der Waals surface area contributed by atoms with Crippen LogP contribution in [0.5, 0.6) is 0 Å². The molecule has 0 N–H and O–H groups in total. The number of rotatable bonds is 27. The molecule has 3 nitrogen and oxygen atoms in total. The van der Waals surface area contributed by atoms with Crippen LogP contribution in [-0.4, -0.2) is 38.8 Å². The Labute approximate surface area is 222 Å². The van der Waals surface area contributed by atoms with Crippen molar-refractivity contribution in [2.24, 2.45) is 0 Å². The SMILES string of the molecule is CCCCCCCCCCCCS(=O)(=O)OP(CCCC)(CCCC)(CCCC)CCCCCC. The topological polar surface area (TPSA) is 43.4 Å². The quantitative estimate of drug-likeness (QED) is 0.0774. The fourth-order valence-corrected chi connectivity index (χ4v) is 15.9. The van der Waals surface area contributed by atoms with Crippen LogP contribution in [0.4, 0.5) is 0 Å². The molecule has 0 radical (unpaired) electrons. The van der Waals surface area contributed by atoms with Gasteiger partial charge >= 0.3 is 209 Å². The molecule has 0 aliphatic heterocycles. The Bertz CT molecular complexity index is 552. The van der Waals surface area contributed by atoms with E-state index in [2.05, 4.69) is 34.6 Å². The fraction of sp³-hybridized carbons (Fsp3) is 1.00. The Morgan fingerprint density at radius 2 is 0.743 bits per heavy atom. The summed E-state index contributed by atoms with van der Waals surface area (Å²) in [5.41, 5.74) is 0. The maximum absolute atomic E-state index is 13.5. The van der Waals surface area contributed by atoms with Gasteiger partial charge in [-0.2, -0.15) is 0 Å². The molecule has 0 bridgehead atoms. The van der Waals surface area contributed by atoms with Crippen LogP contribution in [0, 0.1) is 0 Å². The van der Waals surface area contributed by atoms with Crippen molar-refractivity contribution in [2.45, 2.75) is 163 Å². The van der Waals surface area contributed by atoms with E-state index in [4.69, 9.17) is 3.97 Å². The summed E-state index contributed by atoms with van der Waals surface area (Å²) in [6.45, 7) is 8.44. The van der Waals surface area contributed by atoms with E-state index in [-0.39, 0.29) is 5.75 Å². The van der Waals surface area contributed by atoms with E-state index in [1.165, 1.54) is 64.2 Å². The summed E-state index contributed by atoms with van der Waals surface area (Å²) < 4.78 is 33.6. The summed E-state index contributed by atoms with van der Waals surface area (Å²) in [5.74, 6) is 0.223. The van der Waals surface area contributed by atoms with E-state index < -0.39 is 16.9 Å². The molecule has 0 heterocycles. The van der Waals surface area contributed by atoms with Gasteiger partial charge < -0.3 is 0 Å². The van der Waals surface area contributed by atoms with E-state index in [0.29, 0.717) is 0 Å². The first-order chi connectivity index (χ1) is 16.8. The van der Waals surface area contributed by atoms with E-state index in [1.807, 2.05) is 0 Å². The molecule has 0 aromatic heterocycles. The van der Waals surface area contributed by atoms with Crippen molar-refractivity contribution in [3.63, 3.8) is 0 Å². The molecule has 5 heteroatoms. The summed E-state index contributed by atoms with van der Waals surface area (Å²) in [4.78, 5) is 0. The second-order valence-corrected chi connectivity index (χ2v) is 19.0. The average molecular weight is 537 g/mol. The minimum absolute atomic E-state index is 0.223. The van der Waals surface area contributed by atoms with Crippen LogP contribution >= 0.6 is 6.83 Å². The van der Waals surface area contributed by atoms with Crippen molar-refractivity contribution in [1.29, 1.82) is 0 Å². The van der Waals surface area contributed by atoms with Gasteiger partial charge in [0, 0.05) is 0 Å². The van der Waals surface area contributed by atoms with Crippen LogP contribution in [0.2, 0.25) is 0 Å². The van der Waals surface area contributed by atoms with Gasteiger partial charge in [0.05, 0.1) is 0 Å². The molecular formula is C30H65O3PS. The Morgan fingerprint density at radius 1 is 0.429 bits per heavy atom. The van der Waals surface area contributed by atoms with Crippen molar-refractivity contribution >= 4 is 16.9 Å². The Hall–Kier alpha value is 0.340. The first-order valence-corrected chi connectivity index (χ1v) is 20.2. The molecule has 0 unspecified atom stereocenters. The van der Waals surface area contributed by atoms with Gasteiger partial charge in [0.25, 0.3) is 0 Å². The van der Waals surface area contributed by atoms with Gasteiger partial charge in [-0.1, -0.05) is 13.3 Å². The average Bonchev–Trinajstić information content (AvgIpc) is 2.84. The van der Waals surface area contributed by atoms with Crippen molar-refractivity contribution in [3.05, 3.63) is 0 Å². The molecule has 0 aliphatic rings. The molecule has 0 amide bonds. The van der Waals surface area contributed by atoms with E-state index >= 15 is 0 Å². The van der Waals surface area contributed by atoms with Crippen LogP contribution in [0.1, 0.15) is 163 Å². The minimum atomic E-state index is -3.48. The summed E-state index contributed by atoms with van der Waals surface area (Å²) >= 11 is 0. The van der Waals surface area contributed by atoms with Gasteiger partial charge in [0.15, 0.2) is 0 Å². The fourth-order valence-electron chi connectivity index (χ4n) is 5.56. The molecular weight excluding hydrogens is 471 g/mol. The molecule has 0 saturated carbocycles. The van der Waals surface area contributed by atoms with Gasteiger partial charge in [0.1, 0.15) is 0 Å². The predicted molar refractivity (Wildman–Crippen MR) is 162 cm³/mol. The number of hydrogen-bond donors (Lipinski definition) is 0. The zero-order valence-electron chi connectivity index (χ0n) is 24.8. The number of unbranched alkanes of at least 4 members (excludes halogenated alkanes) is 15. The molecule has 0 spiro atoms. The van der Waals surface area contributed by atoms with Gasteiger partial charge in [-0.3, -0.25) is 0 Å². The first-order valence-electron chi connectivity index (χ1n) is 15.8. The molecule has 214 valence electrons. The predicted octanol–water partition coefficient (Wildman–Crippen LogP) is 10.7. The summed E-state index contributed by atoms with van der Waals surface area (Å²) in [7, 11) is -3.48. The van der Waals surface area contributed by atoms with Crippen LogP contribution in [0.15, 0.2) is 0 Å². The molecule has 35 heavy (non-hydrogen) atoms. The van der Waals surface area contributed by atoms with Crippen molar-refractivity contribution in [2.75, 3.05) is 30.4 Å². The van der Waals surface area contributed by atoms with Crippen LogP contribution < -0.4 is 0 Å². The Morgan fingerprint density at radius 3 is 1.14 bits per heavy atom. The zero-order valence-corrected chi connectivity index (χ0v) is 26.5. The molecule has 0 rings (SSSR count). The molecule has 0 aliphatic carbocycles. The van der Waals surface area contributed by atoms with Crippen molar-refractivity contribution < 1.29 is 12.4 Å². The summed E-state index contributed by atoms with van der Waals surface area (Å²) in [6.07, 6.45) is 27.7. The molecule has 0 fully saturated rings. The maximum atomic E-state index is 13.5. The van der Waals surface area contributed by atoms with Gasteiger partial charge in [0.2, 0.25) is 0 Å². The molecule has 0 aromatic carbocycles. The Kier molecular flexibility index (Phi) is 21.5. The van der Waals surface area contributed by atoms with Crippen LogP contribution in [0.3, 0.4) is 0 Å². The van der Waals surface area contributed by atoms with Gasteiger partial charge in [-0.15, -0.1) is 0 Å². The normalized spacial score (nSPS) is 13.7. The van der Waals surface area contributed by atoms with Gasteiger partial charge in [-0.05, 0) is 0 Å². The van der Waals surface area contributed by atoms with Crippen LogP contribution in [-0.2, 0) is 14.1 Å². The molecule has 0 atom stereocenters. The summed E-state index contributed by atoms with van der Waals surface area (Å²) in [5, 5.41) is 0. The second kappa shape index (κ2) is 21.3. The Balaban J connectivity index is 5.19. The number of hydrogen-bond acceptors (Lipinski definition) is 3. The third kappa shape index (κ3) is 16.7. The standard InChI is InChI=1S/C30H65O3PS/c1-6-11-16-18-19-20-21-22-23-25-30-35(31,32)33-34(26-13-8-3,27-14-9-4,28-15-10-5)29-24-17-12-7-2/h6-30H2,1-5H3. The van der Waals surface area contributed by atoms with Crippen molar-refractivity contribution in [1.82, 2.24) is 0 Å². The van der Waals surface area contributed by atoms with E-state index in [1.54, 1.807) is 0 Å². The first kappa shape index (κ1) is 35.3. The second-order valence-electron chi connectivity index (χ2n) is 11.4. The zero-order chi connectivity index (χ0) is 26.3. The van der Waals surface area contributed by atoms with E-state index in [0.717, 1.165) is 88.9 Å².